The number of para-hydroxylation sites is 1. The van der Waals surface area contributed by atoms with Crippen LogP contribution in [0.4, 0.5) is 5.69 Å². The van der Waals surface area contributed by atoms with Gasteiger partial charge in [0, 0.05) is 5.69 Å². The van der Waals surface area contributed by atoms with Gasteiger partial charge < -0.3 is 10.1 Å². The van der Waals surface area contributed by atoms with Gasteiger partial charge in [-0.1, -0.05) is 36.4 Å². The molecule has 0 bridgehead atoms. The standard InChI is InChI=1S/C21H21N3OS/c1-14-6-4-5-7-20(14)22-21(26)24-23-15(2)16-8-9-18-13-19(25-3)11-10-17(18)12-16/h4-13H,1-3H3,(H2,22,24,26)/b23-15-. The Hall–Kier alpha value is -2.92. The molecule has 0 aromatic heterocycles. The first-order valence-corrected chi connectivity index (χ1v) is 8.73. The molecule has 3 aromatic carbocycles. The summed E-state index contributed by atoms with van der Waals surface area (Å²) in [4.78, 5) is 0. The van der Waals surface area contributed by atoms with Crippen molar-refractivity contribution in [2.24, 2.45) is 5.10 Å². The summed E-state index contributed by atoms with van der Waals surface area (Å²) in [6.45, 7) is 3.98. The summed E-state index contributed by atoms with van der Waals surface area (Å²) in [5.41, 5.74) is 6.90. The molecule has 0 amide bonds. The second kappa shape index (κ2) is 7.97. The van der Waals surface area contributed by atoms with Gasteiger partial charge in [0.05, 0.1) is 12.8 Å². The van der Waals surface area contributed by atoms with Crippen LogP contribution < -0.4 is 15.5 Å². The quantitative estimate of drug-likeness (QED) is 0.394. The molecule has 0 aliphatic rings. The van der Waals surface area contributed by atoms with Gasteiger partial charge in [0.2, 0.25) is 0 Å². The molecule has 0 unspecified atom stereocenters. The fourth-order valence-corrected chi connectivity index (χ4v) is 2.79. The van der Waals surface area contributed by atoms with Crippen LogP contribution in [0.25, 0.3) is 10.8 Å². The highest BCUT2D eigenvalue weighted by Gasteiger charge is 2.03. The number of nitrogens with one attached hydrogen (secondary N) is 2. The summed E-state index contributed by atoms with van der Waals surface area (Å²) < 4.78 is 5.27. The maximum atomic E-state index is 5.33. The maximum absolute atomic E-state index is 5.33. The van der Waals surface area contributed by atoms with E-state index in [0.717, 1.165) is 39.0 Å². The van der Waals surface area contributed by atoms with Gasteiger partial charge in [-0.2, -0.15) is 5.10 Å². The second-order valence-corrected chi connectivity index (χ2v) is 6.41. The van der Waals surface area contributed by atoms with E-state index in [0.29, 0.717) is 5.11 Å². The Kier molecular flexibility index (Phi) is 5.49. The number of anilines is 1. The normalized spacial score (nSPS) is 11.3. The summed E-state index contributed by atoms with van der Waals surface area (Å²) in [5, 5.41) is 10.3. The number of hydrogen-bond donors (Lipinski definition) is 2. The second-order valence-electron chi connectivity index (χ2n) is 6.01. The van der Waals surface area contributed by atoms with E-state index in [4.69, 9.17) is 17.0 Å². The number of methoxy groups -OCH3 is 1. The first-order valence-electron chi connectivity index (χ1n) is 8.32. The highest BCUT2D eigenvalue weighted by Crippen LogP contribution is 2.22. The monoisotopic (exact) mass is 363 g/mol. The van der Waals surface area contributed by atoms with Crippen molar-refractivity contribution in [2.45, 2.75) is 13.8 Å². The van der Waals surface area contributed by atoms with Crippen LogP contribution in [-0.2, 0) is 0 Å². The number of nitrogens with zero attached hydrogens (tertiary/aromatic N) is 1. The molecule has 0 aliphatic carbocycles. The zero-order chi connectivity index (χ0) is 18.5. The molecule has 0 heterocycles. The number of benzene rings is 3. The van der Waals surface area contributed by atoms with Crippen molar-refractivity contribution in [1.82, 2.24) is 5.43 Å². The Morgan fingerprint density at radius 1 is 1.00 bits per heavy atom. The van der Waals surface area contributed by atoms with Crippen molar-refractivity contribution in [2.75, 3.05) is 12.4 Å². The minimum atomic E-state index is 0.462. The Morgan fingerprint density at radius 3 is 2.50 bits per heavy atom. The van der Waals surface area contributed by atoms with E-state index in [1.807, 2.05) is 62.4 Å². The third-order valence-electron chi connectivity index (χ3n) is 4.18. The lowest BCUT2D eigenvalue weighted by atomic mass is 10.0. The van der Waals surface area contributed by atoms with Crippen LogP contribution in [0.2, 0.25) is 0 Å². The number of aryl methyl sites for hydroxylation is 1. The Balaban J connectivity index is 1.72. The van der Waals surface area contributed by atoms with E-state index in [1.54, 1.807) is 7.11 Å². The molecular weight excluding hydrogens is 342 g/mol. The Morgan fingerprint density at radius 2 is 1.73 bits per heavy atom. The molecule has 5 heteroatoms. The molecule has 0 saturated carbocycles. The summed E-state index contributed by atoms with van der Waals surface area (Å²) in [5.74, 6) is 0.852. The molecular formula is C21H21N3OS. The number of ether oxygens (including phenoxy) is 1. The van der Waals surface area contributed by atoms with Crippen molar-refractivity contribution in [1.29, 1.82) is 0 Å². The van der Waals surface area contributed by atoms with Gasteiger partial charge in [0.15, 0.2) is 5.11 Å². The Labute approximate surface area is 158 Å². The van der Waals surface area contributed by atoms with Crippen LogP contribution in [0, 0.1) is 6.92 Å². The number of rotatable bonds is 4. The van der Waals surface area contributed by atoms with Crippen molar-refractivity contribution < 1.29 is 4.74 Å². The van der Waals surface area contributed by atoms with E-state index in [-0.39, 0.29) is 0 Å². The molecule has 0 saturated heterocycles. The van der Waals surface area contributed by atoms with Crippen LogP contribution in [0.15, 0.2) is 65.8 Å². The van der Waals surface area contributed by atoms with E-state index >= 15 is 0 Å². The lowest BCUT2D eigenvalue weighted by molar-refractivity contribution is 0.415. The van der Waals surface area contributed by atoms with E-state index < -0.39 is 0 Å². The average molecular weight is 363 g/mol. The smallest absolute Gasteiger partial charge is 0.191 e. The van der Waals surface area contributed by atoms with Gasteiger partial charge >= 0.3 is 0 Å². The number of hydrazone groups is 1. The predicted molar refractivity (Wildman–Crippen MR) is 113 cm³/mol. The lowest BCUT2D eigenvalue weighted by Gasteiger charge is -2.10. The fourth-order valence-electron chi connectivity index (χ4n) is 2.64. The zero-order valence-corrected chi connectivity index (χ0v) is 15.9. The molecule has 3 rings (SSSR count). The van der Waals surface area contributed by atoms with Crippen LogP contribution in [-0.4, -0.2) is 17.9 Å². The molecule has 0 aliphatic heterocycles. The highest BCUT2D eigenvalue weighted by atomic mass is 32.1. The summed E-state index contributed by atoms with van der Waals surface area (Å²) in [6.07, 6.45) is 0. The molecule has 0 spiro atoms. The van der Waals surface area contributed by atoms with Crippen LogP contribution in [0.1, 0.15) is 18.1 Å². The molecule has 26 heavy (non-hydrogen) atoms. The third-order valence-corrected chi connectivity index (χ3v) is 4.38. The first kappa shape index (κ1) is 17.9. The maximum Gasteiger partial charge on any atom is 0.191 e. The molecule has 2 N–H and O–H groups in total. The van der Waals surface area contributed by atoms with Crippen molar-refractivity contribution >= 4 is 39.5 Å². The SMILES string of the molecule is COc1ccc2cc(/C(C)=N\NC(=S)Nc3ccccc3C)ccc2c1. The number of fused-ring (bicyclic) bond motifs is 1. The van der Waals surface area contributed by atoms with Gasteiger partial charge in [-0.05, 0) is 72.2 Å². The van der Waals surface area contributed by atoms with Crippen LogP contribution in [0.5, 0.6) is 5.75 Å². The summed E-state index contributed by atoms with van der Waals surface area (Å²) in [6, 6.07) is 20.2. The van der Waals surface area contributed by atoms with Crippen molar-refractivity contribution in [3.63, 3.8) is 0 Å². The first-order chi connectivity index (χ1) is 12.6. The minimum absolute atomic E-state index is 0.462. The lowest BCUT2D eigenvalue weighted by Crippen LogP contribution is -2.25. The summed E-state index contributed by atoms with van der Waals surface area (Å²) in [7, 11) is 1.67. The molecule has 0 fully saturated rings. The van der Waals surface area contributed by atoms with Crippen LogP contribution in [0.3, 0.4) is 0 Å². The van der Waals surface area contributed by atoms with Gasteiger partial charge in [0.1, 0.15) is 5.75 Å². The fraction of sp³-hybridized carbons (Fsp3) is 0.143. The van der Waals surface area contributed by atoms with Gasteiger partial charge in [-0.25, -0.2) is 0 Å². The zero-order valence-electron chi connectivity index (χ0n) is 15.0. The molecule has 0 atom stereocenters. The van der Waals surface area contributed by atoms with Crippen molar-refractivity contribution in [3.8, 4) is 5.75 Å². The van der Waals surface area contributed by atoms with Gasteiger partial charge in [-0.3, -0.25) is 5.43 Å². The topological polar surface area (TPSA) is 45.6 Å². The third kappa shape index (κ3) is 4.18. The van der Waals surface area contributed by atoms with Crippen LogP contribution >= 0.6 is 12.2 Å². The Bertz CT molecular complexity index is 982. The average Bonchev–Trinajstić information content (AvgIpc) is 2.67. The minimum Gasteiger partial charge on any atom is -0.497 e. The van der Waals surface area contributed by atoms with E-state index in [1.165, 1.54) is 0 Å². The van der Waals surface area contributed by atoms with E-state index in [2.05, 4.69) is 28.0 Å². The van der Waals surface area contributed by atoms with E-state index in [9.17, 15) is 0 Å². The molecule has 0 radical (unpaired) electrons. The molecule has 132 valence electrons. The molecule has 4 nitrogen and oxygen atoms in total. The predicted octanol–water partition coefficient (Wildman–Crippen LogP) is 4.87. The van der Waals surface area contributed by atoms with Gasteiger partial charge in [0.25, 0.3) is 0 Å². The summed E-state index contributed by atoms with van der Waals surface area (Å²) >= 11 is 5.33. The highest BCUT2D eigenvalue weighted by molar-refractivity contribution is 7.80. The van der Waals surface area contributed by atoms with Gasteiger partial charge in [-0.15, -0.1) is 0 Å². The molecule has 3 aromatic rings. The largest absolute Gasteiger partial charge is 0.497 e. The van der Waals surface area contributed by atoms with Crippen molar-refractivity contribution in [3.05, 3.63) is 71.8 Å². The number of hydrogen-bond acceptors (Lipinski definition) is 3. The number of thiocarbonyl (C=S) groups is 1.